The normalized spacial score (nSPS) is 14.7. The molecule has 0 bridgehead atoms. The fourth-order valence-corrected chi connectivity index (χ4v) is 1.25. The second kappa shape index (κ2) is 5.63. The van der Waals surface area contributed by atoms with Crippen LogP contribution < -0.4 is 10.5 Å². The van der Waals surface area contributed by atoms with Crippen molar-refractivity contribution in [1.29, 1.82) is 0 Å². The van der Waals surface area contributed by atoms with Crippen LogP contribution in [0.15, 0.2) is 12.1 Å². The van der Waals surface area contributed by atoms with Gasteiger partial charge in [-0.2, -0.15) is 0 Å². The van der Waals surface area contributed by atoms with Crippen molar-refractivity contribution < 1.29 is 18.6 Å². The van der Waals surface area contributed by atoms with Gasteiger partial charge in [0.1, 0.15) is 6.61 Å². The van der Waals surface area contributed by atoms with Gasteiger partial charge in [-0.1, -0.05) is 13.8 Å². The lowest BCUT2D eigenvalue weighted by atomic mass is 9.94. The maximum absolute atomic E-state index is 13.6. The molecule has 0 aliphatic heterocycles. The van der Waals surface area contributed by atoms with Crippen molar-refractivity contribution in [3.8, 4) is 5.75 Å². The SMILES string of the molecule is CC(C)C(C)(O)COc1c(F)cc(CN)cc1F. The smallest absolute Gasteiger partial charge is 0.190 e. The van der Waals surface area contributed by atoms with Gasteiger partial charge < -0.3 is 15.6 Å². The number of rotatable bonds is 5. The largest absolute Gasteiger partial charge is 0.485 e. The predicted octanol–water partition coefficient (Wildman–Crippen LogP) is 2.21. The van der Waals surface area contributed by atoms with Gasteiger partial charge in [0.05, 0.1) is 5.60 Å². The lowest BCUT2D eigenvalue weighted by molar-refractivity contribution is -0.0284. The topological polar surface area (TPSA) is 55.5 Å². The van der Waals surface area contributed by atoms with Crippen molar-refractivity contribution in [2.24, 2.45) is 11.7 Å². The Morgan fingerprint density at radius 3 is 2.22 bits per heavy atom. The van der Waals surface area contributed by atoms with Crippen LogP contribution in [0.5, 0.6) is 5.75 Å². The Bertz CT molecular complexity index is 396. The van der Waals surface area contributed by atoms with E-state index in [0.717, 1.165) is 12.1 Å². The fraction of sp³-hybridized carbons (Fsp3) is 0.538. The zero-order chi connectivity index (χ0) is 13.9. The summed E-state index contributed by atoms with van der Waals surface area (Å²) in [7, 11) is 0. The molecule has 0 amide bonds. The van der Waals surface area contributed by atoms with Gasteiger partial charge >= 0.3 is 0 Å². The lowest BCUT2D eigenvalue weighted by Crippen LogP contribution is -2.38. The van der Waals surface area contributed by atoms with E-state index in [9.17, 15) is 13.9 Å². The number of nitrogens with two attached hydrogens (primary N) is 1. The number of halogens is 2. The number of hydrogen-bond donors (Lipinski definition) is 2. The van der Waals surface area contributed by atoms with E-state index in [0.29, 0.717) is 5.56 Å². The van der Waals surface area contributed by atoms with Crippen molar-refractivity contribution in [1.82, 2.24) is 0 Å². The van der Waals surface area contributed by atoms with Crippen LogP contribution in [0.25, 0.3) is 0 Å². The number of hydrogen-bond acceptors (Lipinski definition) is 3. The molecule has 0 saturated carbocycles. The minimum atomic E-state index is -1.15. The van der Waals surface area contributed by atoms with Gasteiger partial charge in [0.25, 0.3) is 0 Å². The average molecular weight is 259 g/mol. The Kier molecular flexibility index (Phi) is 4.65. The first-order valence-corrected chi connectivity index (χ1v) is 5.81. The Balaban J connectivity index is 2.86. The summed E-state index contributed by atoms with van der Waals surface area (Å²) in [5.74, 6) is -2.19. The highest BCUT2D eigenvalue weighted by Gasteiger charge is 2.27. The van der Waals surface area contributed by atoms with Crippen LogP contribution in [0.2, 0.25) is 0 Å². The molecule has 5 heteroatoms. The molecule has 0 spiro atoms. The van der Waals surface area contributed by atoms with Crippen molar-refractivity contribution in [2.45, 2.75) is 32.9 Å². The standard InChI is InChI=1S/C13H19F2NO2/c1-8(2)13(3,17)7-18-12-10(14)4-9(6-16)5-11(12)15/h4-5,8,17H,6-7,16H2,1-3H3. The zero-order valence-corrected chi connectivity index (χ0v) is 10.8. The van der Waals surface area contributed by atoms with Gasteiger partial charge in [0.15, 0.2) is 17.4 Å². The van der Waals surface area contributed by atoms with Crippen molar-refractivity contribution in [2.75, 3.05) is 6.61 Å². The van der Waals surface area contributed by atoms with Crippen molar-refractivity contribution >= 4 is 0 Å². The summed E-state index contributed by atoms with van der Waals surface area (Å²) in [6.07, 6.45) is 0. The monoisotopic (exact) mass is 259 g/mol. The molecule has 1 aromatic rings. The van der Waals surface area contributed by atoms with E-state index in [1.54, 1.807) is 20.8 Å². The van der Waals surface area contributed by atoms with E-state index in [1.165, 1.54) is 0 Å². The maximum atomic E-state index is 13.6. The summed E-state index contributed by atoms with van der Waals surface area (Å²) >= 11 is 0. The highest BCUT2D eigenvalue weighted by atomic mass is 19.1. The molecular weight excluding hydrogens is 240 g/mol. The highest BCUT2D eigenvalue weighted by molar-refractivity contribution is 5.31. The van der Waals surface area contributed by atoms with Crippen LogP contribution in [-0.2, 0) is 6.54 Å². The molecule has 0 aliphatic rings. The van der Waals surface area contributed by atoms with Gasteiger partial charge in [-0.3, -0.25) is 0 Å². The number of ether oxygens (including phenoxy) is 1. The molecule has 0 fully saturated rings. The first kappa shape index (κ1) is 14.9. The first-order chi connectivity index (χ1) is 8.27. The van der Waals surface area contributed by atoms with Crippen LogP contribution in [-0.4, -0.2) is 17.3 Å². The number of aliphatic hydroxyl groups is 1. The third kappa shape index (κ3) is 3.40. The molecule has 0 heterocycles. The van der Waals surface area contributed by atoms with E-state index in [2.05, 4.69) is 0 Å². The molecule has 18 heavy (non-hydrogen) atoms. The van der Waals surface area contributed by atoms with E-state index in [1.807, 2.05) is 0 Å². The lowest BCUT2D eigenvalue weighted by Gasteiger charge is -2.27. The Labute approximate surface area is 106 Å². The number of benzene rings is 1. The maximum Gasteiger partial charge on any atom is 0.190 e. The third-order valence-electron chi connectivity index (χ3n) is 3.05. The molecule has 3 N–H and O–H groups in total. The van der Waals surface area contributed by atoms with E-state index < -0.39 is 23.0 Å². The summed E-state index contributed by atoms with van der Waals surface area (Å²) in [5.41, 5.74) is 4.51. The Morgan fingerprint density at radius 1 is 1.33 bits per heavy atom. The molecule has 0 aliphatic carbocycles. The van der Waals surface area contributed by atoms with E-state index in [4.69, 9.17) is 10.5 Å². The van der Waals surface area contributed by atoms with Gasteiger partial charge in [-0.05, 0) is 30.5 Å². The fourth-order valence-electron chi connectivity index (χ4n) is 1.25. The minimum Gasteiger partial charge on any atom is -0.485 e. The second-order valence-electron chi connectivity index (χ2n) is 4.89. The molecule has 1 atom stereocenters. The molecule has 1 aromatic carbocycles. The van der Waals surface area contributed by atoms with Crippen molar-refractivity contribution in [3.63, 3.8) is 0 Å². The molecule has 1 unspecified atom stereocenters. The van der Waals surface area contributed by atoms with Crippen LogP contribution in [0.1, 0.15) is 26.3 Å². The van der Waals surface area contributed by atoms with Gasteiger partial charge in [-0.25, -0.2) is 8.78 Å². The van der Waals surface area contributed by atoms with E-state index in [-0.39, 0.29) is 19.1 Å². The van der Waals surface area contributed by atoms with E-state index >= 15 is 0 Å². The van der Waals surface area contributed by atoms with Crippen LogP contribution in [0, 0.1) is 17.6 Å². The molecule has 0 aromatic heterocycles. The molecule has 0 saturated heterocycles. The summed E-state index contributed by atoms with van der Waals surface area (Å²) in [6.45, 7) is 5.03. The molecule has 3 nitrogen and oxygen atoms in total. The van der Waals surface area contributed by atoms with Gasteiger partial charge in [0.2, 0.25) is 0 Å². The summed E-state index contributed by atoms with van der Waals surface area (Å²) in [5, 5.41) is 9.95. The van der Waals surface area contributed by atoms with Crippen molar-refractivity contribution in [3.05, 3.63) is 29.3 Å². The Hall–Kier alpha value is -1.20. The van der Waals surface area contributed by atoms with Gasteiger partial charge in [0, 0.05) is 6.54 Å². The predicted molar refractivity (Wildman–Crippen MR) is 65.2 cm³/mol. The molecule has 1 rings (SSSR count). The van der Waals surface area contributed by atoms with Crippen LogP contribution in [0.3, 0.4) is 0 Å². The minimum absolute atomic E-state index is 0.0534. The quantitative estimate of drug-likeness (QED) is 0.852. The third-order valence-corrected chi connectivity index (χ3v) is 3.05. The molecule has 102 valence electrons. The summed E-state index contributed by atoms with van der Waals surface area (Å²) < 4.78 is 32.2. The first-order valence-electron chi connectivity index (χ1n) is 5.81. The Morgan fingerprint density at radius 2 is 1.83 bits per heavy atom. The van der Waals surface area contributed by atoms with Gasteiger partial charge in [-0.15, -0.1) is 0 Å². The summed E-state index contributed by atoms with van der Waals surface area (Å²) in [6, 6.07) is 2.25. The highest BCUT2D eigenvalue weighted by Crippen LogP contribution is 2.25. The molecule has 0 radical (unpaired) electrons. The summed E-state index contributed by atoms with van der Waals surface area (Å²) in [4.78, 5) is 0. The average Bonchev–Trinajstić information content (AvgIpc) is 2.27. The van der Waals surface area contributed by atoms with Crippen LogP contribution in [0.4, 0.5) is 8.78 Å². The van der Waals surface area contributed by atoms with Crippen LogP contribution >= 0.6 is 0 Å². The second-order valence-corrected chi connectivity index (χ2v) is 4.89. The zero-order valence-electron chi connectivity index (χ0n) is 10.8. The molecular formula is C13H19F2NO2.